The van der Waals surface area contributed by atoms with Crippen LogP contribution in [0.3, 0.4) is 0 Å². The van der Waals surface area contributed by atoms with Gasteiger partial charge < -0.3 is 4.42 Å². The Bertz CT molecular complexity index is 491. The third-order valence-electron chi connectivity index (χ3n) is 1.96. The molecule has 0 aliphatic heterocycles. The van der Waals surface area contributed by atoms with Crippen molar-refractivity contribution in [3.05, 3.63) is 58.8 Å². The monoisotopic (exact) mass is 224 g/mol. The fraction of sp³-hybridized carbons (Fsp3) is 0. The number of ketones is 1. The zero-order valence-electron chi connectivity index (χ0n) is 7.54. The summed E-state index contributed by atoms with van der Waals surface area (Å²) in [4.78, 5) is 11.7. The first-order valence-corrected chi connectivity index (χ1v) is 4.58. The predicted molar refractivity (Wildman–Crippen MR) is 53.6 cm³/mol. The summed E-state index contributed by atoms with van der Waals surface area (Å²) in [5.74, 6) is -1.03. The Hall–Kier alpha value is -1.61. The molecule has 0 atom stereocenters. The normalized spacial score (nSPS) is 10.3. The van der Waals surface area contributed by atoms with Gasteiger partial charge in [-0.2, -0.15) is 0 Å². The van der Waals surface area contributed by atoms with E-state index in [-0.39, 0.29) is 5.56 Å². The van der Waals surface area contributed by atoms with Gasteiger partial charge in [-0.1, -0.05) is 11.6 Å². The second-order valence-electron chi connectivity index (χ2n) is 2.97. The standard InChI is InChI=1S/C11H6ClFO2/c12-8-1-2-10(13)9(5-8)11(14)7-3-4-15-6-7/h1-6H. The zero-order valence-corrected chi connectivity index (χ0v) is 8.29. The lowest BCUT2D eigenvalue weighted by molar-refractivity contribution is 0.103. The second kappa shape index (κ2) is 3.87. The summed E-state index contributed by atoms with van der Waals surface area (Å²) in [6.45, 7) is 0. The fourth-order valence-corrected chi connectivity index (χ4v) is 1.39. The number of carbonyl (C=O) groups excluding carboxylic acids is 1. The lowest BCUT2D eigenvalue weighted by Gasteiger charge is -2.00. The third kappa shape index (κ3) is 1.92. The van der Waals surface area contributed by atoms with Crippen molar-refractivity contribution in [1.82, 2.24) is 0 Å². The van der Waals surface area contributed by atoms with Crippen LogP contribution in [-0.2, 0) is 0 Å². The summed E-state index contributed by atoms with van der Waals surface area (Å²) in [5.41, 5.74) is 0.250. The molecule has 2 nitrogen and oxygen atoms in total. The van der Waals surface area contributed by atoms with Crippen LogP contribution in [0.1, 0.15) is 15.9 Å². The van der Waals surface area contributed by atoms with Gasteiger partial charge in [0.2, 0.25) is 0 Å². The van der Waals surface area contributed by atoms with E-state index in [1.165, 1.54) is 30.7 Å². The van der Waals surface area contributed by atoms with Crippen LogP contribution in [0.2, 0.25) is 5.02 Å². The maximum atomic E-state index is 13.3. The summed E-state index contributed by atoms with van der Waals surface area (Å²) >= 11 is 5.68. The summed E-state index contributed by atoms with van der Waals surface area (Å²) < 4.78 is 18.1. The molecule has 0 fully saturated rings. The topological polar surface area (TPSA) is 30.2 Å². The highest BCUT2D eigenvalue weighted by molar-refractivity contribution is 6.31. The van der Waals surface area contributed by atoms with E-state index >= 15 is 0 Å². The van der Waals surface area contributed by atoms with Crippen molar-refractivity contribution < 1.29 is 13.6 Å². The minimum absolute atomic E-state index is 0.0519. The average Bonchev–Trinajstić information content (AvgIpc) is 2.74. The van der Waals surface area contributed by atoms with Gasteiger partial charge in [-0.05, 0) is 24.3 Å². The Morgan fingerprint density at radius 3 is 2.80 bits per heavy atom. The van der Waals surface area contributed by atoms with E-state index in [1.807, 2.05) is 0 Å². The SMILES string of the molecule is O=C(c1ccoc1)c1cc(Cl)ccc1F. The number of hydrogen-bond acceptors (Lipinski definition) is 2. The number of rotatable bonds is 2. The molecule has 1 aromatic heterocycles. The van der Waals surface area contributed by atoms with Gasteiger partial charge >= 0.3 is 0 Å². The summed E-state index contributed by atoms with van der Waals surface area (Å²) in [6, 6.07) is 5.33. The zero-order chi connectivity index (χ0) is 10.8. The van der Waals surface area contributed by atoms with E-state index in [0.29, 0.717) is 10.6 Å². The van der Waals surface area contributed by atoms with E-state index < -0.39 is 11.6 Å². The largest absolute Gasteiger partial charge is 0.472 e. The van der Waals surface area contributed by atoms with Crippen LogP contribution in [0.5, 0.6) is 0 Å². The van der Waals surface area contributed by atoms with Crippen molar-refractivity contribution in [1.29, 1.82) is 0 Å². The van der Waals surface area contributed by atoms with Crippen LogP contribution < -0.4 is 0 Å². The molecule has 0 saturated heterocycles. The molecular weight excluding hydrogens is 219 g/mol. The summed E-state index contributed by atoms with van der Waals surface area (Å²) in [6.07, 6.45) is 2.62. The number of benzene rings is 1. The molecule has 0 spiro atoms. The molecule has 0 bridgehead atoms. The van der Waals surface area contributed by atoms with Crippen molar-refractivity contribution in [3.63, 3.8) is 0 Å². The quantitative estimate of drug-likeness (QED) is 0.733. The van der Waals surface area contributed by atoms with Crippen molar-refractivity contribution >= 4 is 17.4 Å². The first kappa shape index (κ1) is 9.93. The first-order chi connectivity index (χ1) is 7.18. The first-order valence-electron chi connectivity index (χ1n) is 4.20. The molecule has 0 saturated carbocycles. The molecule has 0 unspecified atom stereocenters. The number of furan rings is 1. The molecule has 1 aromatic carbocycles. The number of halogens is 2. The van der Waals surface area contributed by atoms with Crippen molar-refractivity contribution in [2.45, 2.75) is 0 Å². The Balaban J connectivity index is 2.46. The van der Waals surface area contributed by atoms with Gasteiger partial charge in [-0.25, -0.2) is 4.39 Å². The lowest BCUT2D eigenvalue weighted by Crippen LogP contribution is -2.02. The fourth-order valence-electron chi connectivity index (χ4n) is 1.22. The van der Waals surface area contributed by atoms with Crippen molar-refractivity contribution in [2.24, 2.45) is 0 Å². The van der Waals surface area contributed by atoms with E-state index in [1.54, 1.807) is 0 Å². The third-order valence-corrected chi connectivity index (χ3v) is 2.19. The highest BCUT2D eigenvalue weighted by Crippen LogP contribution is 2.18. The van der Waals surface area contributed by atoms with Crippen LogP contribution in [0.15, 0.2) is 41.2 Å². The molecule has 76 valence electrons. The average molecular weight is 225 g/mol. The van der Waals surface area contributed by atoms with E-state index in [0.717, 1.165) is 6.07 Å². The van der Waals surface area contributed by atoms with Gasteiger partial charge in [0.05, 0.1) is 17.4 Å². The maximum absolute atomic E-state index is 13.3. The van der Waals surface area contributed by atoms with Gasteiger partial charge in [0, 0.05) is 5.02 Å². The van der Waals surface area contributed by atoms with E-state index in [2.05, 4.69) is 0 Å². The predicted octanol–water partition coefficient (Wildman–Crippen LogP) is 3.30. The molecule has 0 aliphatic rings. The van der Waals surface area contributed by atoms with Gasteiger partial charge in [0.15, 0.2) is 5.78 Å². The molecule has 0 aliphatic carbocycles. The van der Waals surface area contributed by atoms with Crippen LogP contribution >= 0.6 is 11.6 Å². The molecule has 4 heteroatoms. The van der Waals surface area contributed by atoms with Crippen LogP contribution in [0, 0.1) is 5.82 Å². The Morgan fingerprint density at radius 2 is 2.13 bits per heavy atom. The molecule has 0 N–H and O–H groups in total. The van der Waals surface area contributed by atoms with Crippen LogP contribution in [0.4, 0.5) is 4.39 Å². The number of hydrogen-bond donors (Lipinski definition) is 0. The van der Waals surface area contributed by atoms with Gasteiger partial charge in [-0.15, -0.1) is 0 Å². The van der Waals surface area contributed by atoms with Crippen molar-refractivity contribution in [3.8, 4) is 0 Å². The van der Waals surface area contributed by atoms with E-state index in [9.17, 15) is 9.18 Å². The lowest BCUT2D eigenvalue weighted by atomic mass is 10.1. The second-order valence-corrected chi connectivity index (χ2v) is 3.40. The molecule has 1 heterocycles. The highest BCUT2D eigenvalue weighted by atomic mass is 35.5. The minimum Gasteiger partial charge on any atom is -0.472 e. The Kier molecular flexibility index (Phi) is 2.56. The molecular formula is C11H6ClFO2. The molecule has 2 aromatic rings. The van der Waals surface area contributed by atoms with Gasteiger partial charge in [0.1, 0.15) is 12.1 Å². The minimum atomic E-state index is -0.592. The summed E-state index contributed by atoms with van der Waals surface area (Å²) in [5, 5.41) is 0.322. The maximum Gasteiger partial charge on any atom is 0.199 e. The van der Waals surface area contributed by atoms with Gasteiger partial charge in [0.25, 0.3) is 0 Å². The Morgan fingerprint density at radius 1 is 1.33 bits per heavy atom. The van der Waals surface area contributed by atoms with Crippen LogP contribution in [0.25, 0.3) is 0 Å². The number of carbonyl (C=O) groups is 1. The Labute approximate surface area is 90.3 Å². The van der Waals surface area contributed by atoms with Crippen LogP contribution in [-0.4, -0.2) is 5.78 Å². The smallest absolute Gasteiger partial charge is 0.199 e. The molecule has 0 radical (unpaired) electrons. The highest BCUT2D eigenvalue weighted by Gasteiger charge is 2.15. The summed E-state index contributed by atoms with van der Waals surface area (Å²) in [7, 11) is 0. The molecule has 0 amide bonds. The molecule has 2 rings (SSSR count). The van der Waals surface area contributed by atoms with Gasteiger partial charge in [-0.3, -0.25) is 4.79 Å². The van der Waals surface area contributed by atoms with Crippen molar-refractivity contribution in [2.75, 3.05) is 0 Å². The molecule has 15 heavy (non-hydrogen) atoms. The van der Waals surface area contributed by atoms with E-state index in [4.69, 9.17) is 16.0 Å².